The number of hydrogen-bond acceptors (Lipinski definition) is 3. The number of rotatable bonds is 5. The highest BCUT2D eigenvalue weighted by Gasteiger charge is 2.02. The molecule has 0 radical (unpaired) electrons. The van der Waals surface area contributed by atoms with Crippen LogP contribution in [-0.2, 0) is 4.79 Å². The van der Waals surface area contributed by atoms with Crippen LogP contribution in [0.25, 0.3) is 0 Å². The van der Waals surface area contributed by atoms with Gasteiger partial charge in [-0.05, 0) is 25.9 Å². The van der Waals surface area contributed by atoms with E-state index in [4.69, 9.17) is 11.5 Å². The Balaban J connectivity index is 3.29. The van der Waals surface area contributed by atoms with Crippen LogP contribution in [-0.4, -0.2) is 19.4 Å². The second-order valence-corrected chi connectivity index (χ2v) is 2.05. The summed E-state index contributed by atoms with van der Waals surface area (Å²) in [5.41, 5.74) is 10.5. The zero-order chi connectivity index (χ0) is 7.11. The summed E-state index contributed by atoms with van der Waals surface area (Å²) >= 11 is 0. The normalized spacial score (nSPS) is 10.1. The zero-order valence-electron chi connectivity index (χ0n) is 5.55. The third-order valence-electron chi connectivity index (χ3n) is 1.27. The summed E-state index contributed by atoms with van der Waals surface area (Å²) in [6.07, 6.45) is 2.46. The fraction of sp³-hybridized carbons (Fsp3) is 0.833. The van der Waals surface area contributed by atoms with Crippen molar-refractivity contribution in [2.24, 2.45) is 17.4 Å². The first-order chi connectivity index (χ1) is 4.35. The number of carbonyl (C=O) groups excluding carboxylic acids is 1. The van der Waals surface area contributed by atoms with Crippen LogP contribution in [0.15, 0.2) is 0 Å². The molecule has 3 heteroatoms. The highest BCUT2D eigenvalue weighted by atomic mass is 16.1. The van der Waals surface area contributed by atoms with Crippen LogP contribution in [0, 0.1) is 5.92 Å². The number of carbonyl (C=O) groups is 1. The average molecular weight is 130 g/mol. The first-order valence-corrected chi connectivity index (χ1v) is 3.20. The molecule has 0 aliphatic rings. The molecular weight excluding hydrogens is 116 g/mol. The molecule has 0 unspecified atom stereocenters. The molecule has 0 rings (SSSR count). The molecule has 0 amide bonds. The van der Waals surface area contributed by atoms with Crippen LogP contribution < -0.4 is 11.5 Å². The molecule has 0 heterocycles. The van der Waals surface area contributed by atoms with Gasteiger partial charge < -0.3 is 16.3 Å². The monoisotopic (exact) mass is 130 g/mol. The smallest absolute Gasteiger partial charge is 0.123 e. The van der Waals surface area contributed by atoms with Crippen LogP contribution in [0.1, 0.15) is 12.8 Å². The largest absolute Gasteiger partial charge is 0.330 e. The summed E-state index contributed by atoms with van der Waals surface area (Å²) in [7, 11) is 0. The molecule has 4 N–H and O–H groups in total. The summed E-state index contributed by atoms with van der Waals surface area (Å²) < 4.78 is 0. The molecule has 0 saturated heterocycles. The summed E-state index contributed by atoms with van der Waals surface area (Å²) in [6, 6.07) is 0. The Hall–Kier alpha value is -0.410. The first kappa shape index (κ1) is 8.59. The number of nitrogens with two attached hydrogens (primary N) is 2. The second kappa shape index (κ2) is 5.72. The second-order valence-electron chi connectivity index (χ2n) is 2.05. The lowest BCUT2D eigenvalue weighted by Crippen LogP contribution is -2.14. The minimum atomic E-state index is 0.0833. The van der Waals surface area contributed by atoms with Crippen molar-refractivity contribution >= 4 is 6.29 Å². The Morgan fingerprint density at radius 3 is 1.89 bits per heavy atom. The van der Waals surface area contributed by atoms with E-state index in [2.05, 4.69) is 0 Å². The van der Waals surface area contributed by atoms with Crippen LogP contribution in [0.4, 0.5) is 0 Å². The molecule has 0 saturated carbocycles. The van der Waals surface area contributed by atoms with Crippen molar-refractivity contribution in [1.29, 1.82) is 0 Å². The lowest BCUT2D eigenvalue weighted by molar-refractivity contribution is -0.111. The van der Waals surface area contributed by atoms with Crippen LogP contribution >= 0.6 is 0 Å². The van der Waals surface area contributed by atoms with Gasteiger partial charge in [-0.3, -0.25) is 0 Å². The molecule has 0 aliphatic heterocycles. The van der Waals surface area contributed by atoms with Gasteiger partial charge in [0.05, 0.1) is 0 Å². The van der Waals surface area contributed by atoms with Gasteiger partial charge in [0.25, 0.3) is 0 Å². The van der Waals surface area contributed by atoms with Crippen LogP contribution in [0.3, 0.4) is 0 Å². The third kappa shape index (κ3) is 4.12. The van der Waals surface area contributed by atoms with Gasteiger partial charge in [0.1, 0.15) is 6.29 Å². The molecule has 0 spiro atoms. The quantitative estimate of drug-likeness (QED) is 0.493. The van der Waals surface area contributed by atoms with Gasteiger partial charge in [-0.25, -0.2) is 0 Å². The minimum Gasteiger partial charge on any atom is -0.330 e. The van der Waals surface area contributed by atoms with Crippen LogP contribution in [0.2, 0.25) is 0 Å². The summed E-state index contributed by atoms with van der Waals surface area (Å²) in [4.78, 5) is 10.2. The summed E-state index contributed by atoms with van der Waals surface area (Å²) in [5, 5.41) is 0. The van der Waals surface area contributed by atoms with E-state index in [0.29, 0.717) is 13.1 Å². The molecule has 54 valence electrons. The Kier molecular flexibility index (Phi) is 5.46. The van der Waals surface area contributed by atoms with Crippen molar-refractivity contribution in [3.05, 3.63) is 0 Å². The number of aldehydes is 1. The van der Waals surface area contributed by atoms with Crippen molar-refractivity contribution in [2.45, 2.75) is 12.8 Å². The lowest BCUT2D eigenvalue weighted by atomic mass is 10.0. The fourth-order valence-electron chi connectivity index (χ4n) is 0.709. The predicted molar refractivity (Wildman–Crippen MR) is 36.9 cm³/mol. The standard InChI is InChI=1S/C6H14N2O/c7-3-1-6(5-9)2-4-8/h5-6H,1-4,7-8H2. The zero-order valence-corrected chi connectivity index (χ0v) is 5.55. The van der Waals surface area contributed by atoms with Gasteiger partial charge in [-0.15, -0.1) is 0 Å². The van der Waals surface area contributed by atoms with E-state index in [0.717, 1.165) is 19.1 Å². The van der Waals surface area contributed by atoms with E-state index in [1.165, 1.54) is 0 Å². The molecule has 0 aromatic rings. The molecule has 0 fully saturated rings. The van der Waals surface area contributed by atoms with Crippen molar-refractivity contribution < 1.29 is 4.79 Å². The molecule has 0 atom stereocenters. The Bertz CT molecular complexity index is 69.5. The van der Waals surface area contributed by atoms with Crippen molar-refractivity contribution in [3.8, 4) is 0 Å². The summed E-state index contributed by atoms with van der Waals surface area (Å²) in [5.74, 6) is 0.0833. The van der Waals surface area contributed by atoms with E-state index < -0.39 is 0 Å². The van der Waals surface area contributed by atoms with Crippen molar-refractivity contribution in [2.75, 3.05) is 13.1 Å². The third-order valence-corrected chi connectivity index (χ3v) is 1.27. The highest BCUT2D eigenvalue weighted by Crippen LogP contribution is 2.00. The van der Waals surface area contributed by atoms with E-state index in [9.17, 15) is 4.79 Å². The average Bonchev–Trinajstić information content (AvgIpc) is 1.88. The van der Waals surface area contributed by atoms with E-state index >= 15 is 0 Å². The van der Waals surface area contributed by atoms with Gasteiger partial charge in [-0.1, -0.05) is 0 Å². The maximum Gasteiger partial charge on any atom is 0.123 e. The molecule has 0 aromatic carbocycles. The van der Waals surface area contributed by atoms with E-state index in [1.54, 1.807) is 0 Å². The Morgan fingerprint density at radius 1 is 1.22 bits per heavy atom. The first-order valence-electron chi connectivity index (χ1n) is 3.20. The van der Waals surface area contributed by atoms with Gasteiger partial charge in [0.2, 0.25) is 0 Å². The fourth-order valence-corrected chi connectivity index (χ4v) is 0.709. The molecule has 3 nitrogen and oxygen atoms in total. The molecule has 0 bridgehead atoms. The van der Waals surface area contributed by atoms with Gasteiger partial charge in [-0.2, -0.15) is 0 Å². The minimum absolute atomic E-state index is 0.0833. The van der Waals surface area contributed by atoms with Gasteiger partial charge in [0.15, 0.2) is 0 Å². The van der Waals surface area contributed by atoms with Gasteiger partial charge in [0, 0.05) is 5.92 Å². The van der Waals surface area contributed by atoms with Gasteiger partial charge >= 0.3 is 0 Å². The SMILES string of the molecule is NCCC(C=O)CCN. The molecule has 9 heavy (non-hydrogen) atoms. The Morgan fingerprint density at radius 2 is 1.67 bits per heavy atom. The lowest BCUT2D eigenvalue weighted by Gasteiger charge is -2.04. The maximum atomic E-state index is 10.2. The maximum absolute atomic E-state index is 10.2. The topological polar surface area (TPSA) is 69.1 Å². The molecule has 0 aromatic heterocycles. The van der Waals surface area contributed by atoms with Crippen LogP contribution in [0.5, 0.6) is 0 Å². The summed E-state index contributed by atoms with van der Waals surface area (Å²) in [6.45, 7) is 1.15. The van der Waals surface area contributed by atoms with E-state index in [1.807, 2.05) is 0 Å². The Labute approximate surface area is 55.4 Å². The predicted octanol–water partition coefficient (Wildman–Crippen LogP) is -0.501. The molecular formula is C6H14N2O. The molecule has 0 aliphatic carbocycles. The highest BCUT2D eigenvalue weighted by molar-refractivity contribution is 5.53. The van der Waals surface area contributed by atoms with E-state index in [-0.39, 0.29) is 5.92 Å². The number of hydrogen-bond donors (Lipinski definition) is 2. The van der Waals surface area contributed by atoms with Crippen molar-refractivity contribution in [1.82, 2.24) is 0 Å². The van der Waals surface area contributed by atoms with Crippen molar-refractivity contribution in [3.63, 3.8) is 0 Å².